The average molecular weight is 323 g/mol. The zero-order chi connectivity index (χ0) is 13.2. The van der Waals surface area contributed by atoms with Crippen LogP contribution in [0.15, 0.2) is 28.7 Å². The predicted molar refractivity (Wildman–Crippen MR) is 83.4 cm³/mol. The van der Waals surface area contributed by atoms with Gasteiger partial charge in [0.2, 0.25) is 0 Å². The van der Waals surface area contributed by atoms with E-state index in [-0.39, 0.29) is 0 Å². The van der Waals surface area contributed by atoms with Crippen molar-refractivity contribution in [3.8, 4) is 0 Å². The van der Waals surface area contributed by atoms with E-state index in [9.17, 15) is 0 Å². The quantitative estimate of drug-likeness (QED) is 0.916. The van der Waals surface area contributed by atoms with Crippen molar-refractivity contribution in [2.45, 2.75) is 38.3 Å². The minimum absolute atomic E-state index is 0.562. The van der Waals surface area contributed by atoms with E-state index in [1.165, 1.54) is 38.0 Å². The molecule has 0 aromatic heterocycles. The Morgan fingerprint density at radius 3 is 2.53 bits per heavy atom. The molecule has 2 bridgehead atoms. The predicted octanol–water partition coefficient (Wildman–Crippen LogP) is 3.06. The van der Waals surface area contributed by atoms with Gasteiger partial charge in [-0.3, -0.25) is 0 Å². The largest absolute Gasteiger partial charge is 0.310 e. The number of rotatable bonds is 4. The van der Waals surface area contributed by atoms with E-state index in [1.54, 1.807) is 0 Å². The summed E-state index contributed by atoms with van der Waals surface area (Å²) in [6, 6.07) is 9.99. The first-order chi connectivity index (χ1) is 9.20. The van der Waals surface area contributed by atoms with Crippen LogP contribution in [0.2, 0.25) is 0 Å². The van der Waals surface area contributed by atoms with Gasteiger partial charge in [0.1, 0.15) is 0 Å². The molecule has 3 aliphatic rings. The highest BCUT2D eigenvalue weighted by Crippen LogP contribution is 2.27. The molecule has 3 saturated heterocycles. The van der Waals surface area contributed by atoms with Crippen LogP contribution < -0.4 is 5.32 Å². The van der Waals surface area contributed by atoms with Crippen LogP contribution in [0, 0.1) is 5.92 Å². The zero-order valence-electron chi connectivity index (χ0n) is 11.6. The van der Waals surface area contributed by atoms with E-state index in [4.69, 9.17) is 0 Å². The molecule has 2 unspecified atom stereocenters. The zero-order valence-corrected chi connectivity index (χ0v) is 13.2. The molecular weight excluding hydrogens is 300 g/mol. The van der Waals surface area contributed by atoms with Crippen molar-refractivity contribution in [1.29, 1.82) is 0 Å². The van der Waals surface area contributed by atoms with Crippen molar-refractivity contribution in [3.63, 3.8) is 0 Å². The lowest BCUT2D eigenvalue weighted by Crippen LogP contribution is -2.57. The number of nitrogens with zero attached hydrogens (tertiary/aromatic N) is 1. The summed E-state index contributed by atoms with van der Waals surface area (Å²) in [5, 5.41) is 3.86. The average Bonchev–Trinajstić information content (AvgIpc) is 2.43. The van der Waals surface area contributed by atoms with Gasteiger partial charge in [-0.1, -0.05) is 28.1 Å². The van der Waals surface area contributed by atoms with Gasteiger partial charge in [0, 0.05) is 23.1 Å². The standard InChI is InChI=1S/C16H23BrN2/c1-12(10-13-2-4-15(17)5-3-13)18-16-11-19-8-6-14(16)7-9-19/h2-5,12,14,16,18H,6-11H2,1H3. The second-order valence-electron chi connectivity index (χ2n) is 6.14. The summed E-state index contributed by atoms with van der Waals surface area (Å²) in [7, 11) is 0. The number of halogens is 1. The Morgan fingerprint density at radius 2 is 1.95 bits per heavy atom. The molecule has 0 amide bonds. The fourth-order valence-corrected chi connectivity index (χ4v) is 3.82. The summed E-state index contributed by atoms with van der Waals surface area (Å²) in [5.41, 5.74) is 1.42. The maximum absolute atomic E-state index is 3.86. The number of hydrogen-bond donors (Lipinski definition) is 1. The summed E-state index contributed by atoms with van der Waals surface area (Å²) in [6.45, 7) is 6.23. The van der Waals surface area contributed by atoms with Crippen LogP contribution in [0.3, 0.4) is 0 Å². The number of benzene rings is 1. The Morgan fingerprint density at radius 1 is 1.26 bits per heavy atom. The Kier molecular flexibility index (Phi) is 4.25. The van der Waals surface area contributed by atoms with E-state index in [1.807, 2.05) is 0 Å². The lowest BCUT2D eigenvalue weighted by Gasteiger charge is -2.46. The fourth-order valence-electron chi connectivity index (χ4n) is 3.55. The lowest BCUT2D eigenvalue weighted by atomic mass is 9.83. The third-order valence-electron chi connectivity index (χ3n) is 4.61. The summed E-state index contributed by atoms with van der Waals surface area (Å²) < 4.78 is 1.16. The van der Waals surface area contributed by atoms with Gasteiger partial charge >= 0.3 is 0 Å². The van der Waals surface area contributed by atoms with Gasteiger partial charge in [-0.25, -0.2) is 0 Å². The first-order valence-electron chi connectivity index (χ1n) is 7.43. The normalized spacial score (nSPS) is 31.4. The van der Waals surface area contributed by atoms with Crippen molar-refractivity contribution in [2.75, 3.05) is 19.6 Å². The molecule has 1 aromatic carbocycles. The minimum atomic E-state index is 0.562. The number of nitrogens with one attached hydrogen (secondary N) is 1. The SMILES string of the molecule is CC(Cc1ccc(Br)cc1)NC1CN2CCC1CC2. The van der Waals surface area contributed by atoms with Crippen LogP contribution in [0.4, 0.5) is 0 Å². The van der Waals surface area contributed by atoms with Crippen molar-refractivity contribution in [2.24, 2.45) is 5.92 Å². The van der Waals surface area contributed by atoms with Gasteiger partial charge in [0.05, 0.1) is 0 Å². The summed E-state index contributed by atoms with van der Waals surface area (Å²) in [6.07, 6.45) is 3.90. The third-order valence-corrected chi connectivity index (χ3v) is 5.14. The highest BCUT2D eigenvalue weighted by molar-refractivity contribution is 9.10. The van der Waals surface area contributed by atoms with Crippen LogP contribution in [0.25, 0.3) is 0 Å². The Hall–Kier alpha value is -0.380. The molecule has 3 heterocycles. The molecule has 1 aromatic rings. The highest BCUT2D eigenvalue weighted by atomic mass is 79.9. The van der Waals surface area contributed by atoms with Gasteiger partial charge in [-0.2, -0.15) is 0 Å². The summed E-state index contributed by atoms with van der Waals surface area (Å²) >= 11 is 3.49. The van der Waals surface area contributed by atoms with E-state index >= 15 is 0 Å². The molecule has 3 heteroatoms. The van der Waals surface area contributed by atoms with Crippen molar-refractivity contribution in [1.82, 2.24) is 10.2 Å². The van der Waals surface area contributed by atoms with Gasteiger partial charge < -0.3 is 10.2 Å². The fraction of sp³-hybridized carbons (Fsp3) is 0.625. The molecule has 0 saturated carbocycles. The Labute approximate surface area is 124 Å². The van der Waals surface area contributed by atoms with Gasteiger partial charge in [-0.05, 0) is 62.9 Å². The van der Waals surface area contributed by atoms with Crippen molar-refractivity contribution in [3.05, 3.63) is 34.3 Å². The molecule has 2 nitrogen and oxygen atoms in total. The Bertz CT molecular complexity index is 409. The maximum Gasteiger partial charge on any atom is 0.0226 e. The Balaban J connectivity index is 1.53. The van der Waals surface area contributed by atoms with Gasteiger partial charge in [0.25, 0.3) is 0 Å². The number of hydrogen-bond acceptors (Lipinski definition) is 2. The summed E-state index contributed by atoms with van der Waals surface area (Å²) in [4.78, 5) is 2.62. The molecular formula is C16H23BrN2. The molecule has 2 atom stereocenters. The number of fused-ring (bicyclic) bond motifs is 3. The molecule has 3 fully saturated rings. The second kappa shape index (κ2) is 5.94. The smallest absolute Gasteiger partial charge is 0.0226 e. The molecule has 0 aliphatic carbocycles. The molecule has 19 heavy (non-hydrogen) atoms. The van der Waals surface area contributed by atoms with Crippen molar-refractivity contribution >= 4 is 15.9 Å². The molecule has 0 radical (unpaired) electrons. The van der Waals surface area contributed by atoms with Crippen molar-refractivity contribution < 1.29 is 0 Å². The number of piperidine rings is 3. The molecule has 0 spiro atoms. The first kappa shape index (κ1) is 13.6. The van der Waals surface area contributed by atoms with E-state index < -0.39 is 0 Å². The van der Waals surface area contributed by atoms with E-state index in [0.717, 1.165) is 16.8 Å². The third kappa shape index (κ3) is 3.39. The maximum atomic E-state index is 3.86. The highest BCUT2D eigenvalue weighted by Gasteiger charge is 2.34. The van der Waals surface area contributed by atoms with E-state index in [2.05, 4.69) is 57.3 Å². The molecule has 1 N–H and O–H groups in total. The monoisotopic (exact) mass is 322 g/mol. The van der Waals surface area contributed by atoms with Crippen LogP contribution in [0.1, 0.15) is 25.3 Å². The van der Waals surface area contributed by atoms with Crippen LogP contribution in [-0.4, -0.2) is 36.6 Å². The van der Waals surface area contributed by atoms with Crippen LogP contribution in [-0.2, 0) is 6.42 Å². The molecule has 104 valence electrons. The molecule has 3 aliphatic heterocycles. The lowest BCUT2D eigenvalue weighted by molar-refractivity contribution is 0.0680. The van der Waals surface area contributed by atoms with Crippen LogP contribution >= 0.6 is 15.9 Å². The van der Waals surface area contributed by atoms with E-state index in [0.29, 0.717) is 12.1 Å². The summed E-state index contributed by atoms with van der Waals surface area (Å²) in [5.74, 6) is 0.914. The topological polar surface area (TPSA) is 15.3 Å². The first-order valence-corrected chi connectivity index (χ1v) is 8.23. The minimum Gasteiger partial charge on any atom is -0.310 e. The molecule has 4 rings (SSSR count). The van der Waals surface area contributed by atoms with Crippen LogP contribution in [0.5, 0.6) is 0 Å². The second-order valence-corrected chi connectivity index (χ2v) is 7.06. The van der Waals surface area contributed by atoms with Gasteiger partial charge in [-0.15, -0.1) is 0 Å². The van der Waals surface area contributed by atoms with Gasteiger partial charge in [0.15, 0.2) is 0 Å².